The van der Waals surface area contributed by atoms with E-state index in [-0.39, 0.29) is 11.8 Å². The van der Waals surface area contributed by atoms with Crippen molar-refractivity contribution < 1.29 is 13.2 Å². The van der Waals surface area contributed by atoms with Crippen LogP contribution < -0.4 is 11.1 Å². The Bertz CT molecular complexity index is 539. The number of hydrogen-bond acceptors (Lipinski definition) is 4. The van der Waals surface area contributed by atoms with Crippen molar-refractivity contribution in [3.8, 4) is 0 Å². The fraction of sp³-hybridized carbons (Fsp3) is 0.462. The molecule has 106 valence electrons. The number of nitrogens with one attached hydrogen (secondary N) is 1. The van der Waals surface area contributed by atoms with Crippen LogP contribution in [0.5, 0.6) is 0 Å². The molecule has 0 bridgehead atoms. The first kappa shape index (κ1) is 15.7. The van der Waals surface area contributed by atoms with Crippen molar-refractivity contribution in [1.29, 1.82) is 0 Å². The number of rotatable bonds is 6. The summed E-state index contributed by atoms with van der Waals surface area (Å²) in [7, 11) is -3.40. The van der Waals surface area contributed by atoms with E-state index in [1.54, 1.807) is 25.1 Å². The van der Waals surface area contributed by atoms with Gasteiger partial charge in [0.05, 0.1) is 5.75 Å². The number of sulfone groups is 1. The average molecular weight is 284 g/mol. The highest BCUT2D eigenvalue weighted by molar-refractivity contribution is 7.92. The lowest BCUT2D eigenvalue weighted by Gasteiger charge is -2.08. The number of benzene rings is 1. The van der Waals surface area contributed by atoms with Crippen molar-refractivity contribution in [1.82, 2.24) is 0 Å². The Balaban J connectivity index is 2.55. The molecule has 0 saturated heterocycles. The van der Waals surface area contributed by atoms with E-state index in [0.717, 1.165) is 5.56 Å². The second-order valence-electron chi connectivity index (χ2n) is 4.78. The molecular weight excluding hydrogens is 264 g/mol. The lowest BCUT2D eigenvalue weighted by molar-refractivity contribution is -0.113. The van der Waals surface area contributed by atoms with Gasteiger partial charge in [-0.1, -0.05) is 12.1 Å². The van der Waals surface area contributed by atoms with Crippen LogP contribution in [0, 0.1) is 6.92 Å². The molecule has 1 aromatic carbocycles. The number of aryl methyl sites for hydroxylation is 1. The predicted molar refractivity (Wildman–Crippen MR) is 76.7 cm³/mol. The quantitative estimate of drug-likeness (QED) is 0.818. The Hall–Kier alpha value is -1.40. The van der Waals surface area contributed by atoms with Gasteiger partial charge in [-0.2, -0.15) is 0 Å². The number of amides is 1. The first-order valence-corrected chi connectivity index (χ1v) is 7.93. The molecule has 0 aliphatic rings. The van der Waals surface area contributed by atoms with Crippen LogP contribution in [-0.4, -0.2) is 31.9 Å². The predicted octanol–water partition coefficient (Wildman–Crippen LogP) is 1.09. The minimum atomic E-state index is -3.40. The molecule has 6 heteroatoms. The lowest BCUT2D eigenvalue weighted by atomic mass is 10.2. The van der Waals surface area contributed by atoms with Gasteiger partial charge in [-0.15, -0.1) is 0 Å². The van der Waals surface area contributed by atoms with Crippen LogP contribution in [0.2, 0.25) is 0 Å². The van der Waals surface area contributed by atoms with Crippen molar-refractivity contribution in [3.05, 3.63) is 29.8 Å². The third-order valence-corrected chi connectivity index (χ3v) is 4.10. The summed E-state index contributed by atoms with van der Waals surface area (Å²) in [6.45, 7) is 3.64. The minimum Gasteiger partial charge on any atom is -0.328 e. The molecule has 0 aliphatic carbocycles. The first-order chi connectivity index (χ1) is 8.78. The molecule has 1 aromatic rings. The summed E-state index contributed by atoms with van der Waals surface area (Å²) in [6.07, 6.45) is 0.361. The zero-order valence-corrected chi connectivity index (χ0v) is 12.0. The highest BCUT2D eigenvalue weighted by atomic mass is 32.2. The number of nitrogens with two attached hydrogens (primary N) is 1. The number of anilines is 1. The number of hydrogen-bond donors (Lipinski definition) is 2. The van der Waals surface area contributed by atoms with Crippen LogP contribution in [0.25, 0.3) is 0 Å². The summed E-state index contributed by atoms with van der Waals surface area (Å²) in [5.74, 6) is -1.09. The van der Waals surface area contributed by atoms with E-state index in [1.807, 2.05) is 13.0 Å². The Morgan fingerprint density at radius 1 is 1.42 bits per heavy atom. The van der Waals surface area contributed by atoms with E-state index in [2.05, 4.69) is 5.32 Å². The highest BCUT2D eigenvalue weighted by Gasteiger charge is 2.17. The van der Waals surface area contributed by atoms with Crippen molar-refractivity contribution in [2.45, 2.75) is 26.3 Å². The lowest BCUT2D eigenvalue weighted by Crippen LogP contribution is -2.27. The second kappa shape index (κ2) is 6.68. The molecule has 3 N–H and O–H groups in total. The molecule has 5 nitrogen and oxygen atoms in total. The maximum absolute atomic E-state index is 11.7. The summed E-state index contributed by atoms with van der Waals surface area (Å²) in [5.41, 5.74) is 7.11. The largest absolute Gasteiger partial charge is 0.328 e. The molecule has 1 amide bonds. The van der Waals surface area contributed by atoms with E-state index in [0.29, 0.717) is 12.1 Å². The topological polar surface area (TPSA) is 89.3 Å². The Morgan fingerprint density at radius 3 is 2.68 bits per heavy atom. The SMILES string of the molecule is Cc1cccc(NC(=O)CS(=O)(=O)CCC(C)N)c1. The average Bonchev–Trinajstić information content (AvgIpc) is 2.25. The van der Waals surface area contributed by atoms with Crippen LogP contribution in [-0.2, 0) is 14.6 Å². The molecular formula is C13H20N2O3S. The Labute approximate surface area is 114 Å². The van der Waals surface area contributed by atoms with Gasteiger partial charge in [0.2, 0.25) is 5.91 Å². The summed E-state index contributed by atoms with van der Waals surface area (Å²) in [4.78, 5) is 11.7. The maximum Gasteiger partial charge on any atom is 0.239 e. The summed E-state index contributed by atoms with van der Waals surface area (Å²) in [6, 6.07) is 7.02. The van der Waals surface area contributed by atoms with Gasteiger partial charge < -0.3 is 11.1 Å². The van der Waals surface area contributed by atoms with E-state index in [9.17, 15) is 13.2 Å². The monoisotopic (exact) mass is 284 g/mol. The molecule has 19 heavy (non-hydrogen) atoms. The second-order valence-corrected chi connectivity index (χ2v) is 6.96. The smallest absolute Gasteiger partial charge is 0.239 e. The van der Waals surface area contributed by atoms with Gasteiger partial charge in [0, 0.05) is 11.7 Å². The molecule has 0 radical (unpaired) electrons. The van der Waals surface area contributed by atoms with Gasteiger partial charge >= 0.3 is 0 Å². The number of carbonyl (C=O) groups is 1. The van der Waals surface area contributed by atoms with Gasteiger partial charge in [-0.3, -0.25) is 4.79 Å². The van der Waals surface area contributed by atoms with E-state index in [4.69, 9.17) is 5.73 Å². The van der Waals surface area contributed by atoms with Gasteiger partial charge in [-0.05, 0) is 38.0 Å². The zero-order chi connectivity index (χ0) is 14.5. The molecule has 1 atom stereocenters. The summed E-state index contributed by atoms with van der Waals surface area (Å²) >= 11 is 0. The van der Waals surface area contributed by atoms with Gasteiger partial charge in [0.1, 0.15) is 5.75 Å². The van der Waals surface area contributed by atoms with Crippen LogP contribution in [0.1, 0.15) is 18.9 Å². The maximum atomic E-state index is 11.7. The Kier molecular flexibility index (Phi) is 5.50. The fourth-order valence-electron chi connectivity index (χ4n) is 1.56. The van der Waals surface area contributed by atoms with Crippen LogP contribution in [0.4, 0.5) is 5.69 Å². The summed E-state index contributed by atoms with van der Waals surface area (Å²) in [5, 5.41) is 2.58. The zero-order valence-electron chi connectivity index (χ0n) is 11.2. The number of carbonyl (C=O) groups excluding carboxylic acids is 1. The molecule has 0 saturated carbocycles. The first-order valence-electron chi connectivity index (χ1n) is 6.11. The van der Waals surface area contributed by atoms with Gasteiger partial charge in [-0.25, -0.2) is 8.42 Å². The van der Waals surface area contributed by atoms with Crippen molar-refractivity contribution in [3.63, 3.8) is 0 Å². The highest BCUT2D eigenvalue weighted by Crippen LogP contribution is 2.09. The normalized spacial score (nSPS) is 13.0. The fourth-order valence-corrected chi connectivity index (χ4v) is 2.90. The molecule has 1 unspecified atom stereocenters. The third kappa shape index (κ3) is 6.35. The van der Waals surface area contributed by atoms with Crippen molar-refractivity contribution in [2.24, 2.45) is 5.73 Å². The molecule has 0 fully saturated rings. The molecule has 0 aliphatic heterocycles. The van der Waals surface area contributed by atoms with E-state index < -0.39 is 21.5 Å². The van der Waals surface area contributed by atoms with Crippen LogP contribution in [0.15, 0.2) is 24.3 Å². The van der Waals surface area contributed by atoms with E-state index >= 15 is 0 Å². The molecule has 0 heterocycles. The van der Waals surface area contributed by atoms with Gasteiger partial charge in [0.15, 0.2) is 9.84 Å². The minimum absolute atomic E-state index is 0.0636. The summed E-state index contributed by atoms with van der Waals surface area (Å²) < 4.78 is 23.4. The van der Waals surface area contributed by atoms with Crippen LogP contribution in [0.3, 0.4) is 0 Å². The third-order valence-electron chi connectivity index (χ3n) is 2.54. The standard InChI is InChI=1S/C13H20N2O3S/c1-10-4-3-5-12(8-10)15-13(16)9-19(17,18)7-6-11(2)14/h3-5,8,11H,6-7,9,14H2,1-2H3,(H,15,16). The van der Waals surface area contributed by atoms with Crippen molar-refractivity contribution >= 4 is 21.4 Å². The van der Waals surface area contributed by atoms with Crippen molar-refractivity contribution in [2.75, 3.05) is 16.8 Å². The van der Waals surface area contributed by atoms with Gasteiger partial charge in [0.25, 0.3) is 0 Å². The van der Waals surface area contributed by atoms with Crippen LogP contribution >= 0.6 is 0 Å². The Morgan fingerprint density at radius 2 is 2.11 bits per heavy atom. The molecule has 0 spiro atoms. The molecule has 0 aromatic heterocycles. The van der Waals surface area contributed by atoms with E-state index in [1.165, 1.54) is 0 Å². The molecule has 1 rings (SSSR count).